The molecule has 7 heteroatoms. The molecule has 0 saturated carbocycles. The molecule has 1 N–H and O–H groups in total. The number of benzene rings is 2. The molecule has 1 saturated heterocycles. The number of carbonyl (C=O) groups excluding carboxylic acids is 1. The number of aryl methyl sites for hydroxylation is 1. The van der Waals surface area contributed by atoms with Crippen molar-refractivity contribution in [1.29, 1.82) is 0 Å². The predicted molar refractivity (Wildman–Crippen MR) is 120 cm³/mol. The number of para-hydroxylation sites is 1. The highest BCUT2D eigenvalue weighted by Gasteiger charge is 2.27. The van der Waals surface area contributed by atoms with Crippen molar-refractivity contribution in [3.63, 3.8) is 0 Å². The van der Waals surface area contributed by atoms with E-state index in [4.69, 9.17) is 0 Å². The van der Waals surface area contributed by atoms with Gasteiger partial charge < -0.3 is 5.32 Å². The minimum atomic E-state index is -0.124. The molecule has 1 amide bonds. The molecule has 3 aromatic rings. The zero-order valence-corrected chi connectivity index (χ0v) is 17.9. The fraction of sp³-hybridized carbons (Fsp3) is 0.375. The third-order valence-electron chi connectivity index (χ3n) is 5.86. The molecule has 1 aliphatic rings. The van der Waals surface area contributed by atoms with Crippen LogP contribution in [-0.4, -0.2) is 51.3 Å². The van der Waals surface area contributed by atoms with Gasteiger partial charge in [0, 0.05) is 19.5 Å². The van der Waals surface area contributed by atoms with Crippen LogP contribution in [0.5, 0.6) is 0 Å². The molecule has 7 nitrogen and oxygen atoms in total. The number of hydrogen-bond donors (Lipinski definition) is 1. The Kier molecular flexibility index (Phi) is 6.62. The van der Waals surface area contributed by atoms with Gasteiger partial charge in [-0.15, -0.1) is 0 Å². The van der Waals surface area contributed by atoms with Gasteiger partial charge in [-0.05, 0) is 50.0 Å². The summed E-state index contributed by atoms with van der Waals surface area (Å²) in [5.41, 5.74) is 1.95. The van der Waals surface area contributed by atoms with Gasteiger partial charge in [-0.2, -0.15) is 5.10 Å². The lowest BCUT2D eigenvalue weighted by atomic mass is 9.95. The molecule has 0 radical (unpaired) electrons. The van der Waals surface area contributed by atoms with Crippen LogP contribution in [0.25, 0.3) is 5.69 Å². The second-order valence-electron chi connectivity index (χ2n) is 8.07. The Morgan fingerprint density at radius 1 is 1.03 bits per heavy atom. The Morgan fingerprint density at radius 2 is 1.68 bits per heavy atom. The van der Waals surface area contributed by atoms with Gasteiger partial charge in [0.25, 0.3) is 0 Å². The minimum Gasteiger partial charge on any atom is -0.355 e. The van der Waals surface area contributed by atoms with Crippen LogP contribution in [0.3, 0.4) is 0 Å². The van der Waals surface area contributed by atoms with Crippen LogP contribution < -0.4 is 11.0 Å². The van der Waals surface area contributed by atoms with E-state index in [1.54, 1.807) is 11.6 Å². The Bertz CT molecular complexity index is 1050. The molecule has 0 aliphatic carbocycles. The predicted octanol–water partition coefficient (Wildman–Crippen LogP) is 2.11. The highest BCUT2D eigenvalue weighted by molar-refractivity contribution is 5.78. The summed E-state index contributed by atoms with van der Waals surface area (Å²) in [6, 6.07) is 19.8. The fourth-order valence-corrected chi connectivity index (χ4v) is 4.17. The fourth-order valence-electron chi connectivity index (χ4n) is 4.17. The van der Waals surface area contributed by atoms with Gasteiger partial charge in [-0.3, -0.25) is 9.69 Å². The summed E-state index contributed by atoms with van der Waals surface area (Å²) in [5, 5.41) is 7.56. The first-order chi connectivity index (χ1) is 15.1. The van der Waals surface area contributed by atoms with Gasteiger partial charge in [0.15, 0.2) is 0 Å². The smallest absolute Gasteiger partial charge is 0.350 e. The lowest BCUT2D eigenvalue weighted by Crippen LogP contribution is -2.42. The van der Waals surface area contributed by atoms with E-state index in [1.165, 1.54) is 10.2 Å². The Labute approximate surface area is 182 Å². The lowest BCUT2D eigenvalue weighted by molar-refractivity contribution is -0.122. The highest BCUT2D eigenvalue weighted by Crippen LogP contribution is 2.27. The third-order valence-corrected chi connectivity index (χ3v) is 5.86. The number of likely N-dealkylation sites (tertiary alicyclic amines) is 1. The molecule has 0 unspecified atom stereocenters. The SMILES string of the molecule is Cn1nc(C2CCN(CC(=O)NCCc3ccccc3)CC2)n(-c2ccccc2)c1=O. The molecular weight excluding hydrogens is 390 g/mol. The maximum atomic E-state index is 12.6. The zero-order valence-electron chi connectivity index (χ0n) is 17.9. The number of amides is 1. The van der Waals surface area contributed by atoms with E-state index in [9.17, 15) is 9.59 Å². The Balaban J connectivity index is 1.31. The topological polar surface area (TPSA) is 72.2 Å². The van der Waals surface area contributed by atoms with Crippen molar-refractivity contribution in [3.05, 3.63) is 82.5 Å². The first-order valence-electron chi connectivity index (χ1n) is 10.9. The second-order valence-corrected chi connectivity index (χ2v) is 8.07. The first-order valence-corrected chi connectivity index (χ1v) is 10.9. The number of carbonyl (C=O) groups is 1. The summed E-state index contributed by atoms with van der Waals surface area (Å²) in [5.74, 6) is 1.07. The second kappa shape index (κ2) is 9.75. The standard InChI is InChI=1S/C24H29N5O2/c1-27-24(31)29(21-10-6-3-7-11-21)23(26-27)20-13-16-28(17-14-20)18-22(30)25-15-12-19-8-4-2-5-9-19/h2-11,20H,12-18H2,1H3,(H,25,30). The summed E-state index contributed by atoms with van der Waals surface area (Å²) in [4.78, 5) is 27.2. The first kappa shape index (κ1) is 21.1. The van der Waals surface area contributed by atoms with E-state index < -0.39 is 0 Å². The number of hydrogen-bond acceptors (Lipinski definition) is 4. The number of nitrogens with one attached hydrogen (secondary N) is 1. The number of rotatable bonds is 7. The average Bonchev–Trinajstić information content (AvgIpc) is 3.10. The van der Waals surface area contributed by atoms with Gasteiger partial charge in [0.2, 0.25) is 5.91 Å². The summed E-state index contributed by atoms with van der Waals surface area (Å²) in [6.07, 6.45) is 2.59. The number of piperidine rings is 1. The van der Waals surface area contributed by atoms with Gasteiger partial charge in [0.1, 0.15) is 5.82 Å². The molecule has 1 fully saturated rings. The number of nitrogens with zero attached hydrogens (tertiary/aromatic N) is 4. The van der Waals surface area contributed by atoms with Crippen molar-refractivity contribution in [3.8, 4) is 5.69 Å². The summed E-state index contributed by atoms with van der Waals surface area (Å²) >= 11 is 0. The quantitative estimate of drug-likeness (QED) is 0.637. The number of aromatic nitrogens is 3. The van der Waals surface area contributed by atoms with Crippen molar-refractivity contribution in [2.24, 2.45) is 7.05 Å². The van der Waals surface area contributed by atoms with Crippen LogP contribution >= 0.6 is 0 Å². The molecule has 2 heterocycles. The lowest BCUT2D eigenvalue weighted by Gasteiger charge is -2.31. The molecule has 1 aliphatic heterocycles. The van der Waals surface area contributed by atoms with E-state index in [1.807, 2.05) is 48.5 Å². The summed E-state index contributed by atoms with van der Waals surface area (Å²) < 4.78 is 3.13. The average molecular weight is 420 g/mol. The van der Waals surface area contributed by atoms with Crippen LogP contribution in [-0.2, 0) is 18.3 Å². The van der Waals surface area contributed by atoms with Crippen LogP contribution in [0.1, 0.15) is 30.1 Å². The molecule has 162 valence electrons. The Hall–Kier alpha value is -3.19. The largest absolute Gasteiger partial charge is 0.355 e. The maximum Gasteiger partial charge on any atom is 0.350 e. The maximum absolute atomic E-state index is 12.6. The Morgan fingerprint density at radius 3 is 2.35 bits per heavy atom. The zero-order chi connectivity index (χ0) is 21.6. The van der Waals surface area contributed by atoms with Crippen LogP contribution in [0.4, 0.5) is 0 Å². The highest BCUT2D eigenvalue weighted by atomic mass is 16.2. The van der Waals surface area contributed by atoms with Crippen molar-refractivity contribution in [2.75, 3.05) is 26.2 Å². The van der Waals surface area contributed by atoms with Gasteiger partial charge in [0.05, 0.1) is 12.2 Å². The van der Waals surface area contributed by atoms with Gasteiger partial charge >= 0.3 is 5.69 Å². The van der Waals surface area contributed by atoms with Crippen LogP contribution in [0.15, 0.2) is 65.5 Å². The van der Waals surface area contributed by atoms with Crippen LogP contribution in [0.2, 0.25) is 0 Å². The van der Waals surface area contributed by atoms with E-state index in [2.05, 4.69) is 27.4 Å². The van der Waals surface area contributed by atoms with Crippen molar-refractivity contribution in [1.82, 2.24) is 24.6 Å². The molecular formula is C24H29N5O2. The molecule has 1 aromatic heterocycles. The van der Waals surface area contributed by atoms with E-state index in [0.29, 0.717) is 13.1 Å². The van der Waals surface area contributed by atoms with E-state index in [0.717, 1.165) is 43.9 Å². The minimum absolute atomic E-state index is 0.0633. The molecule has 0 spiro atoms. The molecule has 0 atom stereocenters. The van der Waals surface area contributed by atoms with Crippen molar-refractivity contribution in [2.45, 2.75) is 25.2 Å². The van der Waals surface area contributed by atoms with E-state index in [-0.39, 0.29) is 17.5 Å². The van der Waals surface area contributed by atoms with Crippen molar-refractivity contribution >= 4 is 5.91 Å². The van der Waals surface area contributed by atoms with E-state index >= 15 is 0 Å². The van der Waals surface area contributed by atoms with Gasteiger partial charge in [-0.25, -0.2) is 14.0 Å². The van der Waals surface area contributed by atoms with Crippen molar-refractivity contribution < 1.29 is 4.79 Å². The summed E-state index contributed by atoms with van der Waals surface area (Å²) in [6.45, 7) is 2.69. The molecule has 0 bridgehead atoms. The normalized spacial score (nSPS) is 15.1. The summed E-state index contributed by atoms with van der Waals surface area (Å²) in [7, 11) is 1.69. The third kappa shape index (κ3) is 5.11. The molecule has 31 heavy (non-hydrogen) atoms. The molecule has 4 rings (SSSR count). The van der Waals surface area contributed by atoms with Gasteiger partial charge in [-0.1, -0.05) is 48.5 Å². The molecule has 2 aromatic carbocycles. The van der Waals surface area contributed by atoms with Crippen LogP contribution in [0, 0.1) is 0 Å². The monoisotopic (exact) mass is 419 g/mol.